The Morgan fingerprint density at radius 1 is 1.09 bits per heavy atom. The Morgan fingerprint density at radius 2 is 1.78 bits per heavy atom. The van der Waals surface area contributed by atoms with Crippen LogP contribution in [0.1, 0.15) is 36.6 Å². The van der Waals surface area contributed by atoms with E-state index in [0.29, 0.717) is 16.5 Å². The maximum atomic E-state index is 12.7. The van der Waals surface area contributed by atoms with Gasteiger partial charge in [0.15, 0.2) is 0 Å². The molecule has 1 aliphatic rings. The van der Waals surface area contributed by atoms with Crippen molar-refractivity contribution in [1.29, 1.82) is 0 Å². The van der Waals surface area contributed by atoms with Gasteiger partial charge in [0.05, 0.1) is 29.5 Å². The second-order valence-electron chi connectivity index (χ2n) is 4.97. The van der Waals surface area contributed by atoms with Crippen LogP contribution in [0, 0.1) is 0 Å². The number of carbonyl (C=O) groups excluding carboxylic acids is 3. The SMILES string of the molecule is COC(=O)c1ccccc1N1C(=O)c2ccc(CBr)cc2C1=O. The van der Waals surface area contributed by atoms with Crippen molar-refractivity contribution in [2.45, 2.75) is 5.33 Å². The fraction of sp³-hybridized carbons (Fsp3) is 0.118. The van der Waals surface area contributed by atoms with Crippen molar-refractivity contribution in [2.24, 2.45) is 0 Å². The third-order valence-electron chi connectivity index (χ3n) is 3.66. The van der Waals surface area contributed by atoms with Crippen molar-refractivity contribution in [3.8, 4) is 0 Å². The molecule has 1 heterocycles. The summed E-state index contributed by atoms with van der Waals surface area (Å²) >= 11 is 3.33. The number of imide groups is 1. The number of carbonyl (C=O) groups is 3. The molecule has 23 heavy (non-hydrogen) atoms. The molecule has 0 N–H and O–H groups in total. The van der Waals surface area contributed by atoms with E-state index < -0.39 is 17.8 Å². The normalized spacial score (nSPS) is 13.2. The number of para-hydroxylation sites is 1. The number of ether oxygens (including phenoxy) is 1. The summed E-state index contributed by atoms with van der Waals surface area (Å²) in [4.78, 5) is 38.2. The molecular weight excluding hydrogens is 362 g/mol. The molecular formula is C17H12BrNO4. The van der Waals surface area contributed by atoms with Crippen LogP contribution >= 0.6 is 15.9 Å². The average Bonchev–Trinajstić information content (AvgIpc) is 2.84. The number of halogens is 1. The molecule has 0 aromatic heterocycles. The first-order chi connectivity index (χ1) is 11.1. The maximum Gasteiger partial charge on any atom is 0.339 e. The van der Waals surface area contributed by atoms with Gasteiger partial charge in [0.25, 0.3) is 11.8 Å². The van der Waals surface area contributed by atoms with E-state index in [1.54, 1.807) is 36.4 Å². The molecule has 0 atom stereocenters. The van der Waals surface area contributed by atoms with E-state index in [4.69, 9.17) is 4.74 Å². The first-order valence-corrected chi connectivity index (χ1v) is 7.95. The third kappa shape index (κ3) is 2.45. The summed E-state index contributed by atoms with van der Waals surface area (Å²) in [5.41, 5.74) is 1.97. The summed E-state index contributed by atoms with van der Waals surface area (Å²) in [6, 6.07) is 11.5. The van der Waals surface area contributed by atoms with Crippen LogP contribution in [-0.4, -0.2) is 24.9 Å². The molecule has 116 valence electrons. The van der Waals surface area contributed by atoms with E-state index in [-0.39, 0.29) is 11.3 Å². The van der Waals surface area contributed by atoms with Gasteiger partial charge in [0, 0.05) is 5.33 Å². The Balaban J connectivity index is 2.12. The van der Waals surface area contributed by atoms with Gasteiger partial charge in [-0.1, -0.05) is 34.1 Å². The van der Waals surface area contributed by atoms with Gasteiger partial charge < -0.3 is 4.74 Å². The maximum absolute atomic E-state index is 12.7. The summed E-state index contributed by atoms with van der Waals surface area (Å²) in [5, 5.41) is 0.584. The highest BCUT2D eigenvalue weighted by atomic mass is 79.9. The molecule has 1 aliphatic heterocycles. The number of hydrogen-bond acceptors (Lipinski definition) is 4. The van der Waals surface area contributed by atoms with Crippen LogP contribution in [0.25, 0.3) is 0 Å². The molecule has 6 heteroatoms. The van der Waals surface area contributed by atoms with Crippen LogP contribution in [0.5, 0.6) is 0 Å². The lowest BCUT2D eigenvalue weighted by Crippen LogP contribution is -2.31. The fourth-order valence-electron chi connectivity index (χ4n) is 2.54. The Kier molecular flexibility index (Phi) is 4.00. The minimum absolute atomic E-state index is 0.172. The van der Waals surface area contributed by atoms with Crippen molar-refractivity contribution in [3.63, 3.8) is 0 Å². The number of esters is 1. The predicted molar refractivity (Wildman–Crippen MR) is 88.0 cm³/mol. The zero-order valence-corrected chi connectivity index (χ0v) is 13.8. The van der Waals surface area contributed by atoms with Gasteiger partial charge in [0.1, 0.15) is 0 Å². The lowest BCUT2D eigenvalue weighted by Gasteiger charge is -2.16. The monoisotopic (exact) mass is 373 g/mol. The smallest absolute Gasteiger partial charge is 0.339 e. The van der Waals surface area contributed by atoms with Crippen LogP contribution in [0.2, 0.25) is 0 Å². The van der Waals surface area contributed by atoms with E-state index in [0.717, 1.165) is 10.5 Å². The fourth-order valence-corrected chi connectivity index (χ4v) is 2.89. The van der Waals surface area contributed by atoms with Crippen molar-refractivity contribution in [2.75, 3.05) is 12.0 Å². The molecule has 0 fully saturated rings. The highest BCUT2D eigenvalue weighted by Gasteiger charge is 2.38. The molecule has 0 saturated carbocycles. The van der Waals surface area contributed by atoms with Crippen molar-refractivity contribution >= 4 is 39.4 Å². The molecule has 5 nitrogen and oxygen atoms in total. The van der Waals surface area contributed by atoms with Gasteiger partial charge in [0.2, 0.25) is 0 Å². The minimum atomic E-state index is -0.599. The number of benzene rings is 2. The third-order valence-corrected chi connectivity index (χ3v) is 4.30. The van der Waals surface area contributed by atoms with Gasteiger partial charge in [-0.05, 0) is 29.8 Å². The Morgan fingerprint density at radius 3 is 2.48 bits per heavy atom. The van der Waals surface area contributed by atoms with E-state index in [9.17, 15) is 14.4 Å². The van der Waals surface area contributed by atoms with Gasteiger partial charge in [-0.25, -0.2) is 9.69 Å². The number of fused-ring (bicyclic) bond motifs is 1. The standard InChI is InChI=1S/C17H12BrNO4/c1-23-17(22)12-4-2-3-5-14(12)19-15(20)11-7-6-10(9-18)8-13(11)16(19)21/h2-8H,9H2,1H3. The first kappa shape index (κ1) is 15.4. The van der Waals surface area contributed by atoms with Gasteiger partial charge >= 0.3 is 5.97 Å². The Labute approximate surface area is 141 Å². The molecule has 0 saturated heterocycles. The van der Waals surface area contributed by atoms with Crippen LogP contribution in [0.15, 0.2) is 42.5 Å². The predicted octanol–water partition coefficient (Wildman–Crippen LogP) is 3.17. The van der Waals surface area contributed by atoms with Gasteiger partial charge in [-0.15, -0.1) is 0 Å². The second-order valence-corrected chi connectivity index (χ2v) is 5.53. The second kappa shape index (κ2) is 5.96. The number of rotatable bonds is 3. The quantitative estimate of drug-likeness (QED) is 0.470. The molecule has 0 spiro atoms. The van der Waals surface area contributed by atoms with Crippen LogP contribution in [0.3, 0.4) is 0 Å². The van der Waals surface area contributed by atoms with E-state index >= 15 is 0 Å². The number of methoxy groups -OCH3 is 1. The zero-order chi connectivity index (χ0) is 16.6. The number of hydrogen-bond donors (Lipinski definition) is 0. The van der Waals surface area contributed by atoms with Crippen LogP contribution < -0.4 is 4.90 Å². The summed E-state index contributed by atoms with van der Waals surface area (Å²) in [6.07, 6.45) is 0. The van der Waals surface area contributed by atoms with E-state index in [2.05, 4.69) is 15.9 Å². The van der Waals surface area contributed by atoms with Crippen LogP contribution in [0.4, 0.5) is 5.69 Å². The van der Waals surface area contributed by atoms with Crippen molar-refractivity contribution in [1.82, 2.24) is 0 Å². The molecule has 0 aliphatic carbocycles. The Bertz CT molecular complexity index is 831. The van der Waals surface area contributed by atoms with E-state index in [1.807, 2.05) is 0 Å². The van der Waals surface area contributed by atoms with Gasteiger partial charge in [-0.3, -0.25) is 9.59 Å². The lowest BCUT2D eigenvalue weighted by atomic mass is 10.1. The number of nitrogens with zero attached hydrogens (tertiary/aromatic N) is 1. The Hall–Kier alpha value is -2.47. The summed E-state index contributed by atoms with van der Waals surface area (Å²) in [7, 11) is 1.25. The van der Waals surface area contributed by atoms with Crippen molar-refractivity contribution in [3.05, 3.63) is 64.7 Å². The van der Waals surface area contributed by atoms with E-state index in [1.165, 1.54) is 13.2 Å². The average molecular weight is 374 g/mol. The number of amides is 2. The molecule has 2 amide bonds. The van der Waals surface area contributed by atoms with Gasteiger partial charge in [-0.2, -0.15) is 0 Å². The highest BCUT2D eigenvalue weighted by molar-refractivity contribution is 9.08. The molecule has 2 aromatic rings. The number of anilines is 1. The summed E-state index contributed by atoms with van der Waals surface area (Å²) in [5.74, 6) is -1.48. The molecule has 3 rings (SSSR count). The summed E-state index contributed by atoms with van der Waals surface area (Å²) < 4.78 is 4.73. The zero-order valence-electron chi connectivity index (χ0n) is 12.2. The first-order valence-electron chi connectivity index (χ1n) is 6.83. The largest absolute Gasteiger partial charge is 0.465 e. The molecule has 0 bridgehead atoms. The molecule has 0 unspecified atom stereocenters. The minimum Gasteiger partial charge on any atom is -0.465 e. The van der Waals surface area contributed by atoms with Crippen molar-refractivity contribution < 1.29 is 19.1 Å². The topological polar surface area (TPSA) is 63.7 Å². The van der Waals surface area contributed by atoms with Crippen LogP contribution in [-0.2, 0) is 10.1 Å². The molecule has 2 aromatic carbocycles. The summed E-state index contributed by atoms with van der Waals surface area (Å²) in [6.45, 7) is 0. The highest BCUT2D eigenvalue weighted by Crippen LogP contribution is 2.31. The molecule has 0 radical (unpaired) electrons. The number of alkyl halides is 1. The lowest BCUT2D eigenvalue weighted by molar-refractivity contribution is 0.0601.